The molecule has 1 aliphatic carbocycles. The van der Waals surface area contributed by atoms with Crippen molar-refractivity contribution in [3.05, 3.63) is 0 Å². The Hall–Kier alpha value is -0.570. The molecule has 1 saturated carbocycles. The third kappa shape index (κ3) is 2.56. The Kier molecular flexibility index (Phi) is 4.00. The van der Waals surface area contributed by atoms with E-state index >= 15 is 0 Å². The van der Waals surface area contributed by atoms with Crippen LogP contribution in [0.1, 0.15) is 46.5 Å². The fraction of sp³-hybridized carbons (Fsp3) is 0.933. The third-order valence-corrected chi connectivity index (χ3v) is 5.14. The van der Waals surface area contributed by atoms with Crippen molar-refractivity contribution in [3.63, 3.8) is 0 Å². The fourth-order valence-corrected chi connectivity index (χ4v) is 3.48. The lowest BCUT2D eigenvalue weighted by Crippen LogP contribution is -2.30. The van der Waals surface area contributed by atoms with Crippen molar-refractivity contribution in [1.29, 1.82) is 0 Å². The summed E-state index contributed by atoms with van der Waals surface area (Å²) in [7, 11) is 2.01. The molecule has 3 nitrogen and oxygen atoms in total. The van der Waals surface area contributed by atoms with Gasteiger partial charge in [-0.05, 0) is 51.0 Å². The third-order valence-electron chi connectivity index (χ3n) is 5.14. The van der Waals surface area contributed by atoms with Gasteiger partial charge in [0.1, 0.15) is 0 Å². The molecule has 1 saturated heterocycles. The van der Waals surface area contributed by atoms with Crippen LogP contribution < -0.4 is 5.32 Å². The van der Waals surface area contributed by atoms with E-state index in [-0.39, 0.29) is 5.41 Å². The minimum Gasteiger partial charge on any atom is -0.342 e. The van der Waals surface area contributed by atoms with E-state index in [1.165, 1.54) is 25.7 Å². The predicted molar refractivity (Wildman–Crippen MR) is 74.3 cm³/mol. The molecule has 0 spiro atoms. The lowest BCUT2D eigenvalue weighted by molar-refractivity contribution is -0.132. The maximum absolute atomic E-state index is 12.5. The molecule has 2 rings (SSSR count). The lowest BCUT2D eigenvalue weighted by Gasteiger charge is -2.16. The Morgan fingerprint density at radius 1 is 1.39 bits per heavy atom. The van der Waals surface area contributed by atoms with E-state index in [0.29, 0.717) is 23.8 Å². The van der Waals surface area contributed by atoms with Crippen molar-refractivity contribution in [2.75, 3.05) is 20.1 Å². The molecule has 1 aliphatic heterocycles. The summed E-state index contributed by atoms with van der Waals surface area (Å²) in [6, 6.07) is 0.559. The van der Waals surface area contributed by atoms with Gasteiger partial charge in [0, 0.05) is 25.0 Å². The Bertz CT molecular complexity index is 308. The molecule has 2 fully saturated rings. The normalized spacial score (nSPS) is 31.4. The Morgan fingerprint density at radius 2 is 2.00 bits per heavy atom. The average Bonchev–Trinajstić information content (AvgIpc) is 2.75. The van der Waals surface area contributed by atoms with E-state index in [9.17, 15) is 4.79 Å². The molecule has 0 aromatic heterocycles. The summed E-state index contributed by atoms with van der Waals surface area (Å²) in [6.45, 7) is 8.73. The van der Waals surface area contributed by atoms with Crippen molar-refractivity contribution < 1.29 is 4.79 Å². The van der Waals surface area contributed by atoms with Crippen LogP contribution in [0.25, 0.3) is 0 Å². The summed E-state index contributed by atoms with van der Waals surface area (Å²) in [5, 5.41) is 3.28. The Labute approximate surface area is 111 Å². The molecular weight excluding hydrogens is 224 g/mol. The molecule has 2 aliphatic rings. The first-order valence-electron chi connectivity index (χ1n) is 7.44. The van der Waals surface area contributed by atoms with Crippen molar-refractivity contribution in [2.45, 2.75) is 52.5 Å². The maximum atomic E-state index is 12.5. The topological polar surface area (TPSA) is 32.3 Å². The van der Waals surface area contributed by atoms with Gasteiger partial charge in [0.05, 0.1) is 0 Å². The van der Waals surface area contributed by atoms with Gasteiger partial charge in [-0.15, -0.1) is 0 Å². The van der Waals surface area contributed by atoms with Gasteiger partial charge in [0.25, 0.3) is 0 Å². The molecule has 1 amide bonds. The van der Waals surface area contributed by atoms with Gasteiger partial charge in [-0.3, -0.25) is 4.79 Å². The summed E-state index contributed by atoms with van der Waals surface area (Å²) in [6.07, 6.45) is 4.74. The summed E-state index contributed by atoms with van der Waals surface area (Å²) in [4.78, 5) is 14.5. The number of carbonyl (C=O) groups excluding carboxylic acids is 1. The zero-order valence-electron chi connectivity index (χ0n) is 12.3. The van der Waals surface area contributed by atoms with E-state index in [1.807, 2.05) is 7.05 Å². The molecule has 2 unspecified atom stereocenters. The molecule has 0 bridgehead atoms. The number of rotatable bonds is 5. The number of carbonyl (C=O) groups is 1. The van der Waals surface area contributed by atoms with Gasteiger partial charge < -0.3 is 10.2 Å². The number of nitrogens with one attached hydrogen (secondary N) is 1. The minimum absolute atomic E-state index is 0.229. The maximum Gasteiger partial charge on any atom is 0.226 e. The zero-order valence-corrected chi connectivity index (χ0v) is 12.3. The van der Waals surface area contributed by atoms with Gasteiger partial charge in [0.15, 0.2) is 0 Å². The predicted octanol–water partition coefficient (Wildman–Crippen LogP) is 2.27. The zero-order chi connectivity index (χ0) is 13.3. The highest BCUT2D eigenvalue weighted by atomic mass is 16.2. The van der Waals surface area contributed by atoms with Gasteiger partial charge in [0.2, 0.25) is 5.91 Å². The number of nitrogens with zero attached hydrogens (tertiary/aromatic N) is 1. The summed E-state index contributed by atoms with van der Waals surface area (Å²) in [5.74, 6) is 1.32. The van der Waals surface area contributed by atoms with Crippen LogP contribution in [0.3, 0.4) is 0 Å². The number of likely N-dealkylation sites (tertiary alicyclic amines) is 1. The van der Waals surface area contributed by atoms with Crippen molar-refractivity contribution in [2.24, 2.45) is 17.3 Å². The fourth-order valence-electron chi connectivity index (χ4n) is 3.48. The highest BCUT2D eigenvalue weighted by molar-refractivity contribution is 5.83. The molecule has 18 heavy (non-hydrogen) atoms. The molecule has 104 valence electrons. The highest BCUT2D eigenvalue weighted by Crippen LogP contribution is 2.61. The van der Waals surface area contributed by atoms with E-state index in [4.69, 9.17) is 0 Å². The standard InChI is InChI=1S/C15H28N2O/c1-11(16-4)7-8-12-13(15(12,2)3)14(18)17-9-5-6-10-17/h11-13,16H,5-10H2,1-4H3/t11-,12?,13?/m1/s1. The van der Waals surface area contributed by atoms with Crippen LogP contribution in [0, 0.1) is 17.3 Å². The summed E-state index contributed by atoms with van der Waals surface area (Å²) in [5.41, 5.74) is 0.229. The second-order valence-electron chi connectivity index (χ2n) is 6.70. The van der Waals surface area contributed by atoms with Crippen LogP contribution in [0.4, 0.5) is 0 Å². The SMILES string of the molecule is CN[C@H](C)CCC1C(C(=O)N2CCCC2)C1(C)C. The monoisotopic (exact) mass is 252 g/mol. The molecule has 0 radical (unpaired) electrons. The van der Waals surface area contributed by atoms with Crippen molar-refractivity contribution in [3.8, 4) is 0 Å². The summed E-state index contributed by atoms with van der Waals surface area (Å²) >= 11 is 0. The molecule has 3 atom stereocenters. The first-order valence-corrected chi connectivity index (χ1v) is 7.44. The number of hydrogen-bond donors (Lipinski definition) is 1. The minimum atomic E-state index is 0.229. The smallest absolute Gasteiger partial charge is 0.226 e. The molecular formula is C15H28N2O. The van der Waals surface area contributed by atoms with Crippen molar-refractivity contribution in [1.82, 2.24) is 10.2 Å². The second kappa shape index (κ2) is 5.20. The van der Waals surface area contributed by atoms with E-state index in [1.54, 1.807) is 0 Å². The molecule has 0 aromatic carbocycles. The molecule has 0 aromatic rings. The van der Waals surface area contributed by atoms with Gasteiger partial charge >= 0.3 is 0 Å². The van der Waals surface area contributed by atoms with Crippen LogP contribution in [-0.4, -0.2) is 37.0 Å². The molecule has 1 heterocycles. The van der Waals surface area contributed by atoms with E-state index in [0.717, 1.165) is 13.1 Å². The largest absolute Gasteiger partial charge is 0.342 e. The molecule has 1 N–H and O–H groups in total. The Balaban J connectivity index is 1.87. The Morgan fingerprint density at radius 3 is 2.56 bits per heavy atom. The van der Waals surface area contributed by atoms with E-state index in [2.05, 4.69) is 31.0 Å². The van der Waals surface area contributed by atoms with Crippen LogP contribution >= 0.6 is 0 Å². The van der Waals surface area contributed by atoms with Crippen molar-refractivity contribution >= 4 is 5.91 Å². The quantitative estimate of drug-likeness (QED) is 0.814. The average molecular weight is 252 g/mol. The first kappa shape index (κ1) is 13.9. The van der Waals surface area contributed by atoms with Gasteiger partial charge in [-0.1, -0.05) is 13.8 Å². The van der Waals surface area contributed by atoms with Gasteiger partial charge in [-0.2, -0.15) is 0 Å². The summed E-state index contributed by atoms with van der Waals surface area (Å²) < 4.78 is 0. The highest BCUT2D eigenvalue weighted by Gasteiger charge is 2.61. The second-order valence-corrected chi connectivity index (χ2v) is 6.70. The van der Waals surface area contributed by atoms with Crippen LogP contribution in [0.5, 0.6) is 0 Å². The van der Waals surface area contributed by atoms with E-state index < -0.39 is 0 Å². The van der Waals surface area contributed by atoms with Crippen LogP contribution in [-0.2, 0) is 4.79 Å². The van der Waals surface area contributed by atoms with Crippen LogP contribution in [0.2, 0.25) is 0 Å². The number of hydrogen-bond acceptors (Lipinski definition) is 2. The van der Waals surface area contributed by atoms with Crippen LogP contribution in [0.15, 0.2) is 0 Å². The molecule has 3 heteroatoms. The lowest BCUT2D eigenvalue weighted by atomic mass is 10.0. The van der Waals surface area contributed by atoms with Gasteiger partial charge in [-0.25, -0.2) is 0 Å². The first-order chi connectivity index (χ1) is 8.48. The number of amides is 1.